The summed E-state index contributed by atoms with van der Waals surface area (Å²) in [6, 6.07) is 0. The van der Waals surface area contributed by atoms with Gasteiger partial charge in [-0.05, 0) is 32.1 Å². The molecule has 3 heteroatoms. The lowest BCUT2D eigenvalue weighted by Gasteiger charge is -2.19. The summed E-state index contributed by atoms with van der Waals surface area (Å²) in [6.45, 7) is 4.06. The summed E-state index contributed by atoms with van der Waals surface area (Å²) in [5.41, 5.74) is 2.71. The van der Waals surface area contributed by atoms with Crippen LogP contribution in [0.3, 0.4) is 0 Å². The van der Waals surface area contributed by atoms with E-state index in [2.05, 4.69) is 11.9 Å². The quantitative estimate of drug-likeness (QED) is 0.790. The standard InChI is InChI=1S/C13H20N2O/c1-9-4-2-6-11-12(9)15-13(14-11)10-5-3-7-16-8-10/h9-10H,2-8H2,1H3,(H,14,15). The first kappa shape index (κ1) is 10.3. The Morgan fingerprint density at radius 3 is 3.00 bits per heavy atom. The van der Waals surface area contributed by atoms with Gasteiger partial charge in [-0.25, -0.2) is 4.98 Å². The van der Waals surface area contributed by atoms with Crippen molar-refractivity contribution < 1.29 is 4.74 Å². The first-order chi connectivity index (χ1) is 7.84. The summed E-state index contributed by atoms with van der Waals surface area (Å²) in [4.78, 5) is 8.36. The van der Waals surface area contributed by atoms with Crippen molar-refractivity contribution in [2.45, 2.75) is 50.9 Å². The number of nitrogens with zero attached hydrogens (tertiary/aromatic N) is 1. The molecule has 0 saturated carbocycles. The van der Waals surface area contributed by atoms with Gasteiger partial charge in [-0.1, -0.05) is 6.92 Å². The molecule has 0 radical (unpaired) electrons. The second-order valence-corrected chi connectivity index (χ2v) is 5.19. The molecular weight excluding hydrogens is 200 g/mol. The second-order valence-electron chi connectivity index (χ2n) is 5.19. The van der Waals surface area contributed by atoms with E-state index < -0.39 is 0 Å². The van der Waals surface area contributed by atoms with E-state index in [1.165, 1.54) is 49.3 Å². The van der Waals surface area contributed by atoms with Crippen molar-refractivity contribution in [3.63, 3.8) is 0 Å². The van der Waals surface area contributed by atoms with E-state index in [1.54, 1.807) is 0 Å². The van der Waals surface area contributed by atoms with E-state index in [0.717, 1.165) is 13.2 Å². The summed E-state index contributed by atoms with van der Waals surface area (Å²) in [5, 5.41) is 0. The monoisotopic (exact) mass is 220 g/mol. The van der Waals surface area contributed by atoms with Gasteiger partial charge < -0.3 is 9.72 Å². The first-order valence-corrected chi connectivity index (χ1v) is 6.51. The predicted molar refractivity (Wildman–Crippen MR) is 62.7 cm³/mol. The van der Waals surface area contributed by atoms with Crippen LogP contribution in [0.1, 0.15) is 61.7 Å². The third-order valence-corrected chi connectivity index (χ3v) is 3.91. The van der Waals surface area contributed by atoms with Gasteiger partial charge in [-0.2, -0.15) is 0 Å². The zero-order chi connectivity index (χ0) is 11.0. The number of hydrogen-bond acceptors (Lipinski definition) is 2. The van der Waals surface area contributed by atoms with Crippen LogP contribution in [0.25, 0.3) is 0 Å². The highest BCUT2D eigenvalue weighted by atomic mass is 16.5. The summed E-state index contributed by atoms with van der Waals surface area (Å²) in [6.07, 6.45) is 6.17. The SMILES string of the molecule is CC1CCCc2[nH]c(C3CCCOC3)nc21. The molecular formula is C13H20N2O. The predicted octanol–water partition coefficient (Wildman–Crippen LogP) is 2.74. The highest BCUT2D eigenvalue weighted by Crippen LogP contribution is 2.32. The molecule has 0 spiro atoms. The molecule has 1 N–H and O–H groups in total. The second kappa shape index (κ2) is 4.21. The van der Waals surface area contributed by atoms with E-state index in [-0.39, 0.29) is 0 Å². The molecule has 1 aliphatic carbocycles. The lowest BCUT2D eigenvalue weighted by atomic mass is 9.92. The number of nitrogens with one attached hydrogen (secondary N) is 1. The Hall–Kier alpha value is -0.830. The molecule has 1 fully saturated rings. The summed E-state index contributed by atoms with van der Waals surface area (Å²) < 4.78 is 5.54. The topological polar surface area (TPSA) is 37.9 Å². The number of imidazole rings is 1. The molecule has 2 unspecified atom stereocenters. The van der Waals surface area contributed by atoms with Gasteiger partial charge in [0.2, 0.25) is 0 Å². The highest BCUT2D eigenvalue weighted by Gasteiger charge is 2.25. The van der Waals surface area contributed by atoms with Crippen LogP contribution in [0.5, 0.6) is 0 Å². The number of H-pyrrole nitrogens is 1. The molecule has 2 heterocycles. The van der Waals surface area contributed by atoms with E-state index in [0.29, 0.717) is 11.8 Å². The number of fused-ring (bicyclic) bond motifs is 1. The van der Waals surface area contributed by atoms with E-state index in [1.807, 2.05) is 0 Å². The average Bonchev–Trinajstić information content (AvgIpc) is 2.76. The average molecular weight is 220 g/mol. The Labute approximate surface area is 96.6 Å². The molecule has 1 aromatic heterocycles. The fourth-order valence-electron chi connectivity index (χ4n) is 2.91. The van der Waals surface area contributed by atoms with Crippen molar-refractivity contribution >= 4 is 0 Å². The fourth-order valence-corrected chi connectivity index (χ4v) is 2.91. The fraction of sp³-hybridized carbons (Fsp3) is 0.769. The molecule has 0 aromatic carbocycles. The van der Waals surface area contributed by atoms with Crippen LogP contribution in [0.15, 0.2) is 0 Å². The number of aromatic amines is 1. The highest BCUT2D eigenvalue weighted by molar-refractivity contribution is 5.23. The number of aryl methyl sites for hydroxylation is 1. The van der Waals surface area contributed by atoms with Crippen molar-refractivity contribution in [2.24, 2.45) is 0 Å². The lowest BCUT2D eigenvalue weighted by molar-refractivity contribution is 0.0782. The van der Waals surface area contributed by atoms with Crippen LogP contribution in [0, 0.1) is 0 Å². The normalized spacial score (nSPS) is 30.1. The van der Waals surface area contributed by atoms with Crippen LogP contribution in [0.4, 0.5) is 0 Å². The first-order valence-electron chi connectivity index (χ1n) is 6.51. The summed E-state index contributed by atoms with van der Waals surface area (Å²) in [5.74, 6) is 2.32. The molecule has 1 saturated heterocycles. The molecule has 1 aromatic rings. The van der Waals surface area contributed by atoms with E-state index in [9.17, 15) is 0 Å². The van der Waals surface area contributed by atoms with Crippen LogP contribution in [-0.4, -0.2) is 23.2 Å². The largest absolute Gasteiger partial charge is 0.381 e. The van der Waals surface area contributed by atoms with Crippen LogP contribution in [0.2, 0.25) is 0 Å². The molecule has 16 heavy (non-hydrogen) atoms. The third-order valence-electron chi connectivity index (χ3n) is 3.91. The summed E-state index contributed by atoms with van der Waals surface area (Å²) >= 11 is 0. The van der Waals surface area contributed by atoms with Gasteiger partial charge >= 0.3 is 0 Å². The van der Waals surface area contributed by atoms with Gasteiger partial charge in [0, 0.05) is 24.1 Å². The van der Waals surface area contributed by atoms with Crippen LogP contribution < -0.4 is 0 Å². The third kappa shape index (κ3) is 1.77. The Balaban J connectivity index is 1.85. The van der Waals surface area contributed by atoms with Gasteiger partial charge in [-0.15, -0.1) is 0 Å². The van der Waals surface area contributed by atoms with Crippen molar-refractivity contribution in [3.8, 4) is 0 Å². The molecule has 0 bridgehead atoms. The van der Waals surface area contributed by atoms with Gasteiger partial charge in [0.15, 0.2) is 0 Å². The molecule has 0 amide bonds. The van der Waals surface area contributed by atoms with E-state index in [4.69, 9.17) is 9.72 Å². The minimum Gasteiger partial charge on any atom is -0.381 e. The van der Waals surface area contributed by atoms with Crippen molar-refractivity contribution in [1.29, 1.82) is 0 Å². The number of rotatable bonds is 1. The maximum Gasteiger partial charge on any atom is 0.112 e. The Kier molecular flexibility index (Phi) is 2.72. The molecule has 3 nitrogen and oxygen atoms in total. The minimum atomic E-state index is 0.506. The number of aromatic nitrogens is 2. The molecule has 88 valence electrons. The van der Waals surface area contributed by atoms with Crippen molar-refractivity contribution in [3.05, 3.63) is 17.2 Å². The van der Waals surface area contributed by atoms with Gasteiger partial charge in [0.1, 0.15) is 5.82 Å². The van der Waals surface area contributed by atoms with E-state index >= 15 is 0 Å². The summed E-state index contributed by atoms with van der Waals surface area (Å²) in [7, 11) is 0. The zero-order valence-electron chi connectivity index (χ0n) is 9.96. The lowest BCUT2D eigenvalue weighted by Crippen LogP contribution is -2.16. The van der Waals surface area contributed by atoms with Crippen LogP contribution >= 0.6 is 0 Å². The van der Waals surface area contributed by atoms with Crippen LogP contribution in [-0.2, 0) is 11.2 Å². The Morgan fingerprint density at radius 1 is 1.31 bits per heavy atom. The van der Waals surface area contributed by atoms with Crippen molar-refractivity contribution in [1.82, 2.24) is 9.97 Å². The number of ether oxygens (including phenoxy) is 1. The Morgan fingerprint density at radius 2 is 2.25 bits per heavy atom. The minimum absolute atomic E-state index is 0.506. The van der Waals surface area contributed by atoms with Gasteiger partial charge in [-0.3, -0.25) is 0 Å². The number of hydrogen-bond donors (Lipinski definition) is 1. The maximum atomic E-state index is 5.54. The molecule has 3 rings (SSSR count). The Bertz CT molecular complexity index is 366. The van der Waals surface area contributed by atoms with Gasteiger partial charge in [0.05, 0.1) is 12.3 Å². The zero-order valence-corrected chi connectivity index (χ0v) is 9.96. The molecule has 2 atom stereocenters. The molecule has 2 aliphatic rings. The maximum absolute atomic E-state index is 5.54. The van der Waals surface area contributed by atoms with Gasteiger partial charge in [0.25, 0.3) is 0 Å². The molecule has 1 aliphatic heterocycles. The smallest absolute Gasteiger partial charge is 0.112 e. The van der Waals surface area contributed by atoms with Crippen molar-refractivity contribution in [2.75, 3.05) is 13.2 Å².